The Morgan fingerprint density at radius 1 is 1.00 bits per heavy atom. The molecule has 0 aliphatic carbocycles. The Balaban J connectivity index is 1.90. The molecule has 0 heterocycles. The molecular formula is C22H25NO6. The molecule has 0 fully saturated rings. The second-order valence-corrected chi connectivity index (χ2v) is 6.08. The van der Waals surface area contributed by atoms with Crippen LogP contribution in [0.2, 0.25) is 0 Å². The van der Waals surface area contributed by atoms with Gasteiger partial charge in [0.25, 0.3) is 5.91 Å². The molecule has 1 atom stereocenters. The van der Waals surface area contributed by atoms with Crippen LogP contribution in [0.4, 0.5) is 0 Å². The standard InChI is InChI=1S/C22H25NO6/c1-15(18-7-5-6-8-20(18)28-4)23-21(24)14-29-22(25)12-9-16-13-17(26-2)10-11-19(16)27-3/h5-13,15H,14H2,1-4H3,(H,23,24)/b12-9+. The average molecular weight is 399 g/mol. The molecule has 0 bridgehead atoms. The minimum absolute atomic E-state index is 0.297. The van der Waals surface area contributed by atoms with Gasteiger partial charge in [-0.1, -0.05) is 18.2 Å². The minimum atomic E-state index is -0.644. The molecule has 0 aliphatic rings. The van der Waals surface area contributed by atoms with Crippen molar-refractivity contribution in [1.82, 2.24) is 5.32 Å². The zero-order chi connectivity index (χ0) is 21.2. The number of hydrogen-bond acceptors (Lipinski definition) is 6. The fourth-order valence-electron chi connectivity index (χ4n) is 2.70. The number of para-hydroxylation sites is 1. The predicted molar refractivity (Wildman–Crippen MR) is 109 cm³/mol. The number of benzene rings is 2. The number of carbonyl (C=O) groups excluding carboxylic acids is 2. The highest BCUT2D eigenvalue weighted by molar-refractivity contribution is 5.89. The smallest absolute Gasteiger partial charge is 0.331 e. The Kier molecular flexibility index (Phi) is 8.09. The predicted octanol–water partition coefficient (Wildman–Crippen LogP) is 3.15. The van der Waals surface area contributed by atoms with E-state index in [9.17, 15) is 9.59 Å². The Hall–Kier alpha value is -3.48. The first-order valence-electron chi connectivity index (χ1n) is 8.97. The van der Waals surface area contributed by atoms with Crippen molar-refractivity contribution < 1.29 is 28.5 Å². The van der Waals surface area contributed by atoms with Crippen molar-refractivity contribution in [2.45, 2.75) is 13.0 Å². The minimum Gasteiger partial charge on any atom is -0.497 e. The van der Waals surface area contributed by atoms with E-state index in [0.717, 1.165) is 5.56 Å². The lowest BCUT2D eigenvalue weighted by Gasteiger charge is -2.17. The lowest BCUT2D eigenvalue weighted by atomic mass is 10.1. The first kappa shape index (κ1) is 21.8. The highest BCUT2D eigenvalue weighted by atomic mass is 16.5. The van der Waals surface area contributed by atoms with Crippen LogP contribution >= 0.6 is 0 Å². The number of esters is 1. The second kappa shape index (κ2) is 10.8. The van der Waals surface area contributed by atoms with Crippen molar-refractivity contribution >= 4 is 18.0 Å². The van der Waals surface area contributed by atoms with Crippen LogP contribution in [0.5, 0.6) is 17.2 Å². The summed E-state index contributed by atoms with van der Waals surface area (Å²) in [6.07, 6.45) is 2.77. The lowest BCUT2D eigenvalue weighted by molar-refractivity contribution is -0.144. The maximum absolute atomic E-state index is 12.1. The number of methoxy groups -OCH3 is 3. The maximum Gasteiger partial charge on any atom is 0.331 e. The number of carbonyl (C=O) groups is 2. The molecule has 29 heavy (non-hydrogen) atoms. The summed E-state index contributed by atoms with van der Waals surface area (Å²) in [5, 5.41) is 2.78. The zero-order valence-electron chi connectivity index (χ0n) is 16.9. The van der Waals surface area contributed by atoms with Crippen molar-refractivity contribution in [2.75, 3.05) is 27.9 Å². The molecule has 2 rings (SSSR count). The summed E-state index contributed by atoms with van der Waals surface area (Å²) in [6, 6.07) is 12.3. The van der Waals surface area contributed by atoms with Gasteiger partial charge in [-0.05, 0) is 37.3 Å². The van der Waals surface area contributed by atoms with Crippen molar-refractivity contribution in [3.05, 3.63) is 59.7 Å². The van der Waals surface area contributed by atoms with E-state index in [2.05, 4.69) is 5.32 Å². The summed E-state index contributed by atoms with van der Waals surface area (Å²) < 4.78 is 20.7. The molecule has 2 aromatic carbocycles. The summed E-state index contributed by atoms with van der Waals surface area (Å²) in [7, 11) is 4.65. The average Bonchev–Trinajstić information content (AvgIpc) is 2.75. The van der Waals surface area contributed by atoms with Gasteiger partial charge in [0.05, 0.1) is 27.4 Å². The Morgan fingerprint density at radius 3 is 2.41 bits per heavy atom. The number of amides is 1. The Morgan fingerprint density at radius 2 is 1.72 bits per heavy atom. The largest absolute Gasteiger partial charge is 0.497 e. The summed E-state index contributed by atoms with van der Waals surface area (Å²) in [6.45, 7) is 1.43. The molecule has 0 saturated heterocycles. The van der Waals surface area contributed by atoms with Gasteiger partial charge in [0.15, 0.2) is 6.61 Å². The molecule has 7 nitrogen and oxygen atoms in total. The van der Waals surface area contributed by atoms with Crippen LogP contribution in [-0.2, 0) is 14.3 Å². The van der Waals surface area contributed by atoms with E-state index in [4.69, 9.17) is 18.9 Å². The molecule has 1 amide bonds. The molecule has 0 aromatic heterocycles. The van der Waals surface area contributed by atoms with E-state index in [1.807, 2.05) is 31.2 Å². The lowest BCUT2D eigenvalue weighted by Crippen LogP contribution is -2.31. The zero-order valence-corrected chi connectivity index (χ0v) is 16.9. The van der Waals surface area contributed by atoms with Gasteiger partial charge in [0.2, 0.25) is 0 Å². The molecule has 7 heteroatoms. The molecule has 154 valence electrons. The quantitative estimate of drug-likeness (QED) is 0.515. The monoisotopic (exact) mass is 399 g/mol. The van der Waals surface area contributed by atoms with Crippen LogP contribution in [0.3, 0.4) is 0 Å². The van der Waals surface area contributed by atoms with Crippen LogP contribution in [0.25, 0.3) is 6.08 Å². The van der Waals surface area contributed by atoms with Gasteiger partial charge in [-0.25, -0.2) is 4.79 Å². The van der Waals surface area contributed by atoms with E-state index in [0.29, 0.717) is 22.8 Å². The summed E-state index contributed by atoms with van der Waals surface area (Å²) >= 11 is 0. The van der Waals surface area contributed by atoms with Crippen molar-refractivity contribution in [3.63, 3.8) is 0 Å². The third-order valence-corrected chi connectivity index (χ3v) is 4.16. The topological polar surface area (TPSA) is 83.1 Å². The molecule has 0 radical (unpaired) electrons. The summed E-state index contributed by atoms with van der Waals surface area (Å²) in [5.41, 5.74) is 1.48. The van der Waals surface area contributed by atoms with Gasteiger partial charge in [-0.15, -0.1) is 0 Å². The highest BCUT2D eigenvalue weighted by Crippen LogP contribution is 2.25. The van der Waals surface area contributed by atoms with Crippen molar-refractivity contribution in [3.8, 4) is 17.2 Å². The van der Waals surface area contributed by atoms with Gasteiger partial charge in [-0.2, -0.15) is 0 Å². The molecule has 0 saturated carbocycles. The van der Waals surface area contributed by atoms with Gasteiger partial charge in [-0.3, -0.25) is 4.79 Å². The third-order valence-electron chi connectivity index (χ3n) is 4.16. The summed E-state index contributed by atoms with van der Waals surface area (Å²) in [5.74, 6) is 0.827. The third kappa shape index (κ3) is 6.27. The second-order valence-electron chi connectivity index (χ2n) is 6.08. The SMILES string of the molecule is COc1ccc(OC)c(/C=C/C(=O)OCC(=O)NC(C)c2ccccc2OC)c1. The normalized spacial score (nSPS) is 11.6. The van der Waals surface area contributed by atoms with E-state index in [-0.39, 0.29) is 6.04 Å². The first-order valence-corrected chi connectivity index (χ1v) is 8.97. The van der Waals surface area contributed by atoms with Gasteiger partial charge >= 0.3 is 5.97 Å². The van der Waals surface area contributed by atoms with E-state index < -0.39 is 18.5 Å². The number of rotatable bonds is 9. The van der Waals surface area contributed by atoms with Crippen molar-refractivity contribution in [1.29, 1.82) is 0 Å². The van der Waals surface area contributed by atoms with E-state index >= 15 is 0 Å². The fraction of sp³-hybridized carbons (Fsp3) is 0.273. The van der Waals surface area contributed by atoms with E-state index in [1.54, 1.807) is 38.5 Å². The van der Waals surface area contributed by atoms with E-state index in [1.165, 1.54) is 13.2 Å². The highest BCUT2D eigenvalue weighted by Gasteiger charge is 2.14. The van der Waals surface area contributed by atoms with Crippen LogP contribution in [0.1, 0.15) is 24.1 Å². The fourth-order valence-corrected chi connectivity index (χ4v) is 2.70. The van der Waals surface area contributed by atoms with Crippen LogP contribution < -0.4 is 19.5 Å². The van der Waals surface area contributed by atoms with Crippen LogP contribution in [0, 0.1) is 0 Å². The van der Waals surface area contributed by atoms with Gasteiger partial charge in [0.1, 0.15) is 17.2 Å². The molecule has 1 N–H and O–H groups in total. The number of hydrogen-bond donors (Lipinski definition) is 1. The number of nitrogens with one attached hydrogen (secondary N) is 1. The maximum atomic E-state index is 12.1. The first-order chi connectivity index (χ1) is 14.0. The van der Waals surface area contributed by atoms with Crippen LogP contribution in [-0.4, -0.2) is 39.8 Å². The van der Waals surface area contributed by atoms with Crippen molar-refractivity contribution in [2.24, 2.45) is 0 Å². The molecule has 0 aliphatic heterocycles. The molecule has 2 aromatic rings. The molecular weight excluding hydrogens is 374 g/mol. The van der Waals surface area contributed by atoms with Gasteiger partial charge < -0.3 is 24.3 Å². The number of ether oxygens (including phenoxy) is 4. The Labute approximate surface area is 170 Å². The molecule has 0 spiro atoms. The van der Waals surface area contributed by atoms with Crippen LogP contribution in [0.15, 0.2) is 48.5 Å². The Bertz CT molecular complexity index is 877. The van der Waals surface area contributed by atoms with Gasteiger partial charge in [0, 0.05) is 17.2 Å². The molecule has 1 unspecified atom stereocenters. The summed E-state index contributed by atoms with van der Waals surface area (Å²) in [4.78, 5) is 24.0.